The summed E-state index contributed by atoms with van der Waals surface area (Å²) in [5.41, 5.74) is 5.45. The minimum atomic E-state index is -4.44. The van der Waals surface area contributed by atoms with Gasteiger partial charge in [0.25, 0.3) is 0 Å². The van der Waals surface area contributed by atoms with E-state index < -0.39 is 36.6 Å². The lowest BCUT2D eigenvalue weighted by Gasteiger charge is -2.19. The average Bonchev–Trinajstić information content (AvgIpc) is 2.60. The molecule has 3 N–H and O–H groups in total. The number of hydrogen-bond donors (Lipinski definition) is 2. The molecule has 0 radical (unpaired) electrons. The Morgan fingerprint density at radius 1 is 1.60 bits per heavy atom. The van der Waals surface area contributed by atoms with Crippen molar-refractivity contribution in [2.45, 2.75) is 24.7 Å². The molecule has 1 saturated heterocycles. The Morgan fingerprint density at radius 3 is 2.70 bits per heavy atom. The molecule has 0 aromatic heterocycles. The van der Waals surface area contributed by atoms with Crippen LogP contribution in [0.3, 0.4) is 0 Å². The first-order valence-corrected chi connectivity index (χ1v) is 5.65. The van der Waals surface area contributed by atoms with E-state index in [9.17, 15) is 22.8 Å². The maximum atomic E-state index is 12.2. The molecule has 0 aromatic carbocycles. The van der Waals surface area contributed by atoms with Gasteiger partial charge in [-0.2, -0.15) is 13.2 Å². The second-order valence-electron chi connectivity index (χ2n) is 4.29. The molecule has 0 aliphatic carbocycles. The van der Waals surface area contributed by atoms with Crippen molar-refractivity contribution in [1.29, 1.82) is 0 Å². The Labute approximate surface area is 120 Å². The van der Waals surface area contributed by atoms with E-state index >= 15 is 0 Å². The SMILES string of the molecule is COCC(N)C(=O)NC1CCN(CC(F)(F)F)C1=O.Cl. The minimum absolute atomic E-state index is 0. The summed E-state index contributed by atoms with van der Waals surface area (Å²) in [6.07, 6.45) is -4.30. The van der Waals surface area contributed by atoms with Crippen LogP contribution in [-0.4, -0.2) is 61.8 Å². The van der Waals surface area contributed by atoms with Crippen molar-refractivity contribution in [1.82, 2.24) is 10.2 Å². The van der Waals surface area contributed by atoms with Gasteiger partial charge in [0, 0.05) is 13.7 Å². The third kappa shape index (κ3) is 5.51. The highest BCUT2D eigenvalue weighted by atomic mass is 35.5. The van der Waals surface area contributed by atoms with Crippen LogP contribution in [0, 0.1) is 0 Å². The van der Waals surface area contributed by atoms with Gasteiger partial charge in [0.15, 0.2) is 0 Å². The number of rotatable bonds is 5. The predicted molar refractivity (Wildman–Crippen MR) is 66.3 cm³/mol. The predicted octanol–water partition coefficient (Wildman–Crippen LogP) is -0.339. The quantitative estimate of drug-likeness (QED) is 0.726. The van der Waals surface area contributed by atoms with Gasteiger partial charge in [-0.3, -0.25) is 9.59 Å². The zero-order valence-corrected chi connectivity index (χ0v) is 11.6. The van der Waals surface area contributed by atoms with Crippen LogP contribution in [0.4, 0.5) is 13.2 Å². The molecule has 6 nitrogen and oxygen atoms in total. The first-order chi connectivity index (χ1) is 8.74. The molecule has 0 saturated carbocycles. The fraction of sp³-hybridized carbons (Fsp3) is 0.800. The van der Waals surface area contributed by atoms with Crippen molar-refractivity contribution in [3.63, 3.8) is 0 Å². The molecule has 0 bridgehead atoms. The van der Waals surface area contributed by atoms with Crippen LogP contribution in [0.5, 0.6) is 0 Å². The smallest absolute Gasteiger partial charge is 0.383 e. The lowest BCUT2D eigenvalue weighted by Crippen LogP contribution is -2.50. The molecule has 1 heterocycles. The van der Waals surface area contributed by atoms with Gasteiger partial charge in [-0.1, -0.05) is 0 Å². The summed E-state index contributed by atoms with van der Waals surface area (Å²) in [6, 6.07) is -1.90. The molecular weight excluding hydrogens is 303 g/mol. The van der Waals surface area contributed by atoms with E-state index in [0.29, 0.717) is 4.90 Å². The van der Waals surface area contributed by atoms with Crippen molar-refractivity contribution in [2.75, 3.05) is 26.8 Å². The summed E-state index contributed by atoms with van der Waals surface area (Å²) in [6.45, 7) is -1.37. The fourth-order valence-electron chi connectivity index (χ4n) is 1.78. The topological polar surface area (TPSA) is 84.7 Å². The first-order valence-electron chi connectivity index (χ1n) is 5.65. The van der Waals surface area contributed by atoms with Crippen molar-refractivity contribution in [3.05, 3.63) is 0 Å². The molecule has 2 unspecified atom stereocenters. The molecule has 118 valence electrons. The van der Waals surface area contributed by atoms with Crippen molar-refractivity contribution >= 4 is 24.2 Å². The van der Waals surface area contributed by atoms with Gasteiger partial charge in [-0.15, -0.1) is 12.4 Å². The van der Waals surface area contributed by atoms with Crippen LogP contribution in [-0.2, 0) is 14.3 Å². The number of nitrogens with one attached hydrogen (secondary N) is 1. The first kappa shape index (κ1) is 18.9. The number of hydrogen-bond acceptors (Lipinski definition) is 4. The zero-order valence-electron chi connectivity index (χ0n) is 10.8. The van der Waals surface area contributed by atoms with E-state index in [1.165, 1.54) is 7.11 Å². The Hall–Kier alpha value is -1.06. The second-order valence-corrected chi connectivity index (χ2v) is 4.29. The molecule has 1 aliphatic heterocycles. The van der Waals surface area contributed by atoms with Crippen molar-refractivity contribution < 1.29 is 27.5 Å². The molecular formula is C10H17ClF3N3O3. The van der Waals surface area contributed by atoms with Crippen LogP contribution in [0.2, 0.25) is 0 Å². The van der Waals surface area contributed by atoms with E-state index in [1.54, 1.807) is 0 Å². The summed E-state index contributed by atoms with van der Waals surface area (Å²) in [4.78, 5) is 23.8. The van der Waals surface area contributed by atoms with E-state index in [2.05, 4.69) is 10.1 Å². The highest BCUT2D eigenvalue weighted by molar-refractivity contribution is 5.91. The van der Waals surface area contributed by atoms with Crippen LogP contribution in [0.1, 0.15) is 6.42 Å². The normalized spacial score (nSPS) is 20.6. The van der Waals surface area contributed by atoms with Crippen LogP contribution in [0.25, 0.3) is 0 Å². The molecule has 1 fully saturated rings. The number of likely N-dealkylation sites (tertiary alicyclic amines) is 1. The van der Waals surface area contributed by atoms with Gasteiger partial charge >= 0.3 is 6.18 Å². The number of methoxy groups -OCH3 is 1. The number of carbonyl (C=O) groups excluding carboxylic acids is 2. The second kappa shape index (κ2) is 7.65. The zero-order chi connectivity index (χ0) is 14.6. The molecule has 0 spiro atoms. The number of alkyl halides is 3. The van der Waals surface area contributed by atoms with E-state index in [1.807, 2.05) is 0 Å². The molecule has 2 atom stereocenters. The number of nitrogens with two attached hydrogens (primary N) is 1. The highest BCUT2D eigenvalue weighted by Crippen LogP contribution is 2.20. The summed E-state index contributed by atoms with van der Waals surface area (Å²) in [5, 5.41) is 2.33. The lowest BCUT2D eigenvalue weighted by molar-refractivity contribution is -0.158. The van der Waals surface area contributed by atoms with Gasteiger partial charge in [0.2, 0.25) is 11.8 Å². The maximum absolute atomic E-state index is 12.2. The Kier molecular flexibility index (Phi) is 7.25. The monoisotopic (exact) mass is 319 g/mol. The van der Waals surface area contributed by atoms with Gasteiger partial charge in [-0.25, -0.2) is 0 Å². The highest BCUT2D eigenvalue weighted by Gasteiger charge is 2.40. The average molecular weight is 320 g/mol. The summed E-state index contributed by atoms with van der Waals surface area (Å²) in [5.74, 6) is -1.36. The molecule has 0 aromatic rings. The Balaban J connectivity index is 0.00000361. The maximum Gasteiger partial charge on any atom is 0.406 e. The van der Waals surface area contributed by atoms with E-state index in [0.717, 1.165) is 0 Å². The van der Waals surface area contributed by atoms with Crippen LogP contribution in [0.15, 0.2) is 0 Å². The van der Waals surface area contributed by atoms with Crippen molar-refractivity contribution in [3.8, 4) is 0 Å². The van der Waals surface area contributed by atoms with Gasteiger partial charge in [0.1, 0.15) is 18.6 Å². The number of halogens is 4. The summed E-state index contributed by atoms with van der Waals surface area (Å²) >= 11 is 0. The number of carbonyl (C=O) groups is 2. The van der Waals surface area contributed by atoms with Crippen LogP contribution >= 0.6 is 12.4 Å². The van der Waals surface area contributed by atoms with E-state index in [-0.39, 0.29) is 32.0 Å². The standard InChI is InChI=1S/C10H16F3N3O3.ClH/c1-19-4-6(14)8(17)15-7-2-3-16(9(7)18)5-10(11,12)13;/h6-7H,2-5,14H2,1H3,(H,15,17);1H. The number of nitrogens with zero attached hydrogens (tertiary/aromatic N) is 1. The fourth-order valence-corrected chi connectivity index (χ4v) is 1.78. The molecule has 1 aliphatic rings. The molecule has 2 amide bonds. The molecule has 20 heavy (non-hydrogen) atoms. The third-order valence-electron chi connectivity index (χ3n) is 2.67. The minimum Gasteiger partial charge on any atom is -0.383 e. The third-order valence-corrected chi connectivity index (χ3v) is 2.67. The van der Waals surface area contributed by atoms with Crippen LogP contribution < -0.4 is 11.1 Å². The van der Waals surface area contributed by atoms with Gasteiger partial charge in [-0.05, 0) is 6.42 Å². The lowest BCUT2D eigenvalue weighted by atomic mass is 10.2. The number of ether oxygens (including phenoxy) is 1. The number of amides is 2. The Bertz CT molecular complexity index is 354. The largest absolute Gasteiger partial charge is 0.406 e. The Morgan fingerprint density at radius 2 is 2.20 bits per heavy atom. The van der Waals surface area contributed by atoms with Gasteiger partial charge in [0.05, 0.1) is 6.61 Å². The molecule has 1 rings (SSSR count). The molecule has 10 heteroatoms. The summed E-state index contributed by atoms with van der Waals surface area (Å²) < 4.78 is 41.2. The van der Waals surface area contributed by atoms with Gasteiger partial charge < -0.3 is 20.7 Å². The van der Waals surface area contributed by atoms with Crippen molar-refractivity contribution in [2.24, 2.45) is 5.73 Å². The summed E-state index contributed by atoms with van der Waals surface area (Å²) in [7, 11) is 1.36. The van der Waals surface area contributed by atoms with E-state index in [4.69, 9.17) is 5.73 Å².